The van der Waals surface area contributed by atoms with Crippen molar-refractivity contribution in [3.8, 4) is 11.5 Å². The molecule has 4 nitrogen and oxygen atoms in total. The first kappa shape index (κ1) is 13.8. The van der Waals surface area contributed by atoms with E-state index < -0.39 is 0 Å². The Labute approximate surface area is 102 Å². The molecule has 4 heteroatoms. The van der Waals surface area contributed by atoms with Crippen molar-refractivity contribution in [2.75, 3.05) is 13.2 Å². The number of nitrogens with one attached hydrogen (secondary N) is 1. The van der Waals surface area contributed by atoms with Crippen molar-refractivity contribution in [1.29, 1.82) is 0 Å². The van der Waals surface area contributed by atoms with Crippen molar-refractivity contribution in [3.63, 3.8) is 0 Å². The number of benzene rings is 1. The number of rotatable bonds is 6. The molecule has 0 aliphatic heterocycles. The zero-order valence-electron chi connectivity index (χ0n) is 10.6. The van der Waals surface area contributed by atoms with Gasteiger partial charge in [0.2, 0.25) is 0 Å². The number of ether oxygens (including phenoxy) is 1. The van der Waals surface area contributed by atoms with Gasteiger partial charge in [-0.1, -0.05) is 0 Å². The van der Waals surface area contributed by atoms with Crippen LogP contribution >= 0.6 is 0 Å². The second kappa shape index (κ2) is 6.47. The van der Waals surface area contributed by atoms with Gasteiger partial charge in [0, 0.05) is 18.2 Å². The summed E-state index contributed by atoms with van der Waals surface area (Å²) in [6, 6.07) is 4.50. The molecule has 0 fully saturated rings. The fourth-order valence-electron chi connectivity index (χ4n) is 1.57. The number of phenols is 2. The molecule has 0 amide bonds. The third-order valence-corrected chi connectivity index (χ3v) is 2.48. The molecule has 96 valence electrons. The molecule has 0 heterocycles. The Hall–Kier alpha value is -1.26. The third kappa shape index (κ3) is 4.63. The predicted octanol–water partition coefficient (Wildman–Crippen LogP) is 2.17. The van der Waals surface area contributed by atoms with E-state index in [9.17, 15) is 10.2 Å². The first-order chi connectivity index (χ1) is 8.00. The Kier molecular flexibility index (Phi) is 5.25. The summed E-state index contributed by atoms with van der Waals surface area (Å²) in [5, 5.41) is 22.3. The molecule has 17 heavy (non-hydrogen) atoms. The molecule has 0 spiro atoms. The van der Waals surface area contributed by atoms with Gasteiger partial charge in [-0.05, 0) is 39.0 Å². The summed E-state index contributed by atoms with van der Waals surface area (Å²) in [5.41, 5.74) is 0.689. The van der Waals surface area contributed by atoms with E-state index in [0.717, 1.165) is 0 Å². The molecule has 0 saturated heterocycles. The summed E-state index contributed by atoms with van der Waals surface area (Å²) < 4.78 is 5.41. The highest BCUT2D eigenvalue weighted by atomic mass is 16.5. The van der Waals surface area contributed by atoms with Gasteiger partial charge in [0.25, 0.3) is 0 Å². The van der Waals surface area contributed by atoms with Gasteiger partial charge in [-0.2, -0.15) is 0 Å². The lowest BCUT2D eigenvalue weighted by molar-refractivity contribution is 0.0796. The highest BCUT2D eigenvalue weighted by molar-refractivity contribution is 5.40. The Bertz CT molecular complexity index is 353. The van der Waals surface area contributed by atoms with E-state index >= 15 is 0 Å². The molecule has 0 aromatic heterocycles. The predicted molar refractivity (Wildman–Crippen MR) is 67.3 cm³/mol. The Balaban J connectivity index is 2.46. The van der Waals surface area contributed by atoms with Crippen LogP contribution in [0, 0.1) is 0 Å². The molecule has 1 aromatic carbocycles. The third-order valence-electron chi connectivity index (χ3n) is 2.48. The van der Waals surface area contributed by atoms with Gasteiger partial charge in [0.1, 0.15) is 11.5 Å². The van der Waals surface area contributed by atoms with Gasteiger partial charge in [-0.3, -0.25) is 0 Å². The Morgan fingerprint density at radius 2 is 1.94 bits per heavy atom. The lowest BCUT2D eigenvalue weighted by atomic mass is 10.1. The normalized spacial score (nSPS) is 12.9. The zero-order valence-corrected chi connectivity index (χ0v) is 10.6. The highest BCUT2D eigenvalue weighted by Crippen LogP contribution is 2.27. The van der Waals surface area contributed by atoms with E-state index in [0.29, 0.717) is 18.7 Å². The van der Waals surface area contributed by atoms with Crippen LogP contribution in [-0.4, -0.2) is 29.5 Å². The van der Waals surface area contributed by atoms with Crippen LogP contribution in [0.1, 0.15) is 32.4 Å². The summed E-state index contributed by atoms with van der Waals surface area (Å²) in [6.07, 6.45) is 0.223. The van der Waals surface area contributed by atoms with Gasteiger partial charge in [0.05, 0.1) is 12.7 Å². The smallest absolute Gasteiger partial charge is 0.120 e. The molecule has 1 rings (SSSR count). The van der Waals surface area contributed by atoms with Crippen LogP contribution in [0.15, 0.2) is 18.2 Å². The Morgan fingerprint density at radius 3 is 2.59 bits per heavy atom. The largest absolute Gasteiger partial charge is 0.508 e. The van der Waals surface area contributed by atoms with Crippen molar-refractivity contribution >= 4 is 0 Å². The maximum absolute atomic E-state index is 9.67. The first-order valence-corrected chi connectivity index (χ1v) is 5.87. The van der Waals surface area contributed by atoms with E-state index in [4.69, 9.17) is 4.74 Å². The summed E-state index contributed by atoms with van der Waals surface area (Å²) >= 11 is 0. The van der Waals surface area contributed by atoms with Gasteiger partial charge >= 0.3 is 0 Å². The molecule has 0 radical (unpaired) electrons. The van der Waals surface area contributed by atoms with Crippen LogP contribution in [0.5, 0.6) is 11.5 Å². The second-order valence-corrected chi connectivity index (χ2v) is 4.34. The molecule has 0 aliphatic carbocycles. The van der Waals surface area contributed by atoms with Crippen LogP contribution in [-0.2, 0) is 4.74 Å². The molecule has 0 saturated carbocycles. The van der Waals surface area contributed by atoms with Crippen LogP contribution in [0.3, 0.4) is 0 Å². The fraction of sp³-hybridized carbons (Fsp3) is 0.538. The molecular formula is C13H21NO3. The molecule has 1 unspecified atom stereocenters. The highest BCUT2D eigenvalue weighted by Gasteiger charge is 2.10. The van der Waals surface area contributed by atoms with E-state index in [1.807, 2.05) is 20.8 Å². The molecule has 0 bridgehead atoms. The maximum Gasteiger partial charge on any atom is 0.120 e. The topological polar surface area (TPSA) is 61.7 Å². The lowest BCUT2D eigenvalue weighted by Crippen LogP contribution is -2.24. The van der Waals surface area contributed by atoms with Crippen molar-refractivity contribution in [2.45, 2.75) is 32.9 Å². The van der Waals surface area contributed by atoms with Crippen molar-refractivity contribution in [3.05, 3.63) is 23.8 Å². The van der Waals surface area contributed by atoms with Gasteiger partial charge in [0.15, 0.2) is 0 Å². The quantitative estimate of drug-likeness (QED) is 0.526. The van der Waals surface area contributed by atoms with Gasteiger partial charge in [-0.15, -0.1) is 0 Å². The lowest BCUT2D eigenvalue weighted by Gasteiger charge is -2.16. The molecule has 1 aromatic rings. The number of aromatic hydroxyl groups is 2. The summed E-state index contributed by atoms with van der Waals surface area (Å²) in [5.74, 6) is 0.345. The SMILES string of the molecule is CC(C)OCCNC(C)c1cc(O)ccc1O. The summed E-state index contributed by atoms with van der Waals surface area (Å²) in [4.78, 5) is 0. The van der Waals surface area contributed by atoms with E-state index in [1.165, 1.54) is 12.1 Å². The number of phenolic OH excluding ortho intramolecular Hbond substituents is 2. The molecule has 0 aliphatic rings. The monoisotopic (exact) mass is 239 g/mol. The minimum Gasteiger partial charge on any atom is -0.508 e. The minimum absolute atomic E-state index is 0.0298. The molecule has 3 N–H and O–H groups in total. The number of hydrogen-bond acceptors (Lipinski definition) is 4. The van der Waals surface area contributed by atoms with Crippen LogP contribution in [0.25, 0.3) is 0 Å². The molecule has 1 atom stereocenters. The summed E-state index contributed by atoms with van der Waals surface area (Å²) in [6.45, 7) is 7.24. The zero-order chi connectivity index (χ0) is 12.8. The van der Waals surface area contributed by atoms with Crippen molar-refractivity contribution in [1.82, 2.24) is 5.32 Å². The van der Waals surface area contributed by atoms with E-state index in [2.05, 4.69) is 5.32 Å². The van der Waals surface area contributed by atoms with E-state index in [-0.39, 0.29) is 23.6 Å². The summed E-state index contributed by atoms with van der Waals surface area (Å²) in [7, 11) is 0. The minimum atomic E-state index is -0.0298. The first-order valence-electron chi connectivity index (χ1n) is 5.87. The van der Waals surface area contributed by atoms with Crippen molar-refractivity contribution < 1.29 is 14.9 Å². The maximum atomic E-state index is 9.67. The number of hydrogen-bond donors (Lipinski definition) is 3. The second-order valence-electron chi connectivity index (χ2n) is 4.34. The van der Waals surface area contributed by atoms with Crippen LogP contribution < -0.4 is 5.32 Å². The molecular weight excluding hydrogens is 218 g/mol. The average molecular weight is 239 g/mol. The standard InChI is InChI=1S/C13H21NO3/c1-9(2)17-7-6-14-10(3)12-8-11(15)4-5-13(12)16/h4-5,8-10,14-16H,6-7H2,1-3H3. The van der Waals surface area contributed by atoms with Crippen LogP contribution in [0.4, 0.5) is 0 Å². The Morgan fingerprint density at radius 1 is 1.24 bits per heavy atom. The van der Waals surface area contributed by atoms with Gasteiger partial charge < -0.3 is 20.3 Å². The van der Waals surface area contributed by atoms with Crippen molar-refractivity contribution in [2.24, 2.45) is 0 Å². The van der Waals surface area contributed by atoms with Gasteiger partial charge in [-0.25, -0.2) is 0 Å². The average Bonchev–Trinajstić information content (AvgIpc) is 2.27. The van der Waals surface area contributed by atoms with E-state index in [1.54, 1.807) is 6.07 Å². The fourth-order valence-corrected chi connectivity index (χ4v) is 1.57. The van der Waals surface area contributed by atoms with Crippen LogP contribution in [0.2, 0.25) is 0 Å².